The molecule has 560 valence electrons. The highest BCUT2D eigenvalue weighted by atomic mass is 16.3. The third kappa shape index (κ3) is 11.3. The quantitative estimate of drug-likeness (QED) is 0.127. The lowest BCUT2D eigenvalue weighted by Crippen LogP contribution is -2.00. The molecule has 25 rings (SSSR count). The number of rotatable bonds is 11. The van der Waals surface area contributed by atoms with Gasteiger partial charge in [-0.2, -0.15) is 0 Å². The largest absolute Gasteiger partial charge is 0.456 e. The van der Waals surface area contributed by atoms with E-state index in [1.807, 2.05) is 109 Å². The summed E-state index contributed by atoms with van der Waals surface area (Å²) in [6.45, 7) is 0. The first-order valence-electron chi connectivity index (χ1n) is 40.6. The van der Waals surface area contributed by atoms with Gasteiger partial charge in [0.25, 0.3) is 0 Å². The minimum atomic E-state index is 0.637. The molecule has 0 amide bonds. The number of hydrogen-bond acceptors (Lipinski definition) is 7. The first-order chi connectivity index (χ1) is 59.5. The van der Waals surface area contributed by atoms with Gasteiger partial charge in [-0.05, 0) is 179 Å². The summed E-state index contributed by atoms with van der Waals surface area (Å²) in [6.07, 6.45) is 0.865. The molecule has 24 aromatic rings. The third-order valence-electron chi connectivity index (χ3n) is 24.0. The lowest BCUT2D eigenvalue weighted by Gasteiger charge is -2.13. The minimum Gasteiger partial charge on any atom is -0.456 e. The van der Waals surface area contributed by atoms with E-state index in [0.29, 0.717) is 34.9 Å². The van der Waals surface area contributed by atoms with Crippen LogP contribution in [0.2, 0.25) is 0 Å². The van der Waals surface area contributed by atoms with Crippen molar-refractivity contribution >= 4 is 109 Å². The van der Waals surface area contributed by atoms with Crippen LogP contribution in [0.25, 0.3) is 222 Å². The van der Waals surface area contributed by atoms with Crippen LogP contribution >= 0.6 is 0 Å². The topological polar surface area (TPSA) is 110 Å². The summed E-state index contributed by atoms with van der Waals surface area (Å²) in [7, 11) is 0. The van der Waals surface area contributed by atoms with Gasteiger partial charge in [-0.1, -0.05) is 261 Å². The van der Waals surface area contributed by atoms with Gasteiger partial charge in [-0.3, -0.25) is 0 Å². The van der Waals surface area contributed by atoms with Crippen LogP contribution in [-0.4, -0.2) is 48.2 Å². The molecule has 0 N–H and O–H groups in total. The smallest absolute Gasteiger partial charge is 0.164 e. The number of fused-ring (bicyclic) bond motifs is 18. The van der Waals surface area contributed by atoms with E-state index in [2.05, 4.69) is 309 Å². The molecule has 1 aliphatic rings. The maximum Gasteiger partial charge on any atom is 0.164 e. The first-order valence-corrected chi connectivity index (χ1v) is 40.6. The fraction of sp³-hybridized carbons (Fsp3) is 0.00917. The van der Waals surface area contributed by atoms with Gasteiger partial charge in [0.15, 0.2) is 34.9 Å². The molecule has 120 heavy (non-hydrogen) atoms. The van der Waals surface area contributed by atoms with Gasteiger partial charge in [-0.25, -0.2) is 29.9 Å². The monoisotopic (exact) mass is 1530 g/mol. The summed E-state index contributed by atoms with van der Waals surface area (Å²) in [4.78, 5) is 29.9. The molecule has 11 nitrogen and oxygen atoms in total. The van der Waals surface area contributed by atoms with E-state index < -0.39 is 0 Å². The molecule has 7 aromatic heterocycles. The Bertz CT molecular complexity index is 7850. The molecule has 0 fully saturated rings. The average molecular weight is 1530 g/mol. The molecule has 0 atom stereocenters. The van der Waals surface area contributed by atoms with E-state index >= 15 is 0 Å². The summed E-state index contributed by atoms with van der Waals surface area (Å²) in [5.74, 6) is 3.90. The Labute approximate surface area is 688 Å². The van der Waals surface area contributed by atoms with Crippen LogP contribution in [0.5, 0.6) is 0 Å². The molecule has 0 radical (unpaired) electrons. The van der Waals surface area contributed by atoms with Crippen molar-refractivity contribution in [1.29, 1.82) is 0 Å². The van der Waals surface area contributed by atoms with Crippen molar-refractivity contribution in [2.75, 3.05) is 0 Å². The molecule has 0 aliphatic heterocycles. The fourth-order valence-corrected chi connectivity index (χ4v) is 18.4. The standard InChI is InChI=1S/C64H40N6.C45H28N4O/c1-3-15-40(16-4-1)62-65-63(41-17-5-2-6-18-41)67-64(66-62)44-28-27-42-35-43-29-30-45(37-53(43)52(42)36-44)70-60-33-31-46(68-56-23-11-7-19-48(56)49-20-8-12-24-57(49)68)38-54(60)55-39-47(32-34-61(55)70)69-58-25-13-9-21-50(58)51-22-10-14-26-59(51)69;1-3-11-29(12-4-1)43-46-44(30-13-5-2-6-14-30)48-45(47-43)31-19-23-34(24-20-31)49-39-17-9-7-15-35(39)37-27-32(21-25-40(37)49)33-22-26-42-38(28-33)36-16-8-10-18-41(36)50-42/h1-34,36-39H,35H2;1-28H. The number of aromatic nitrogens is 10. The molecule has 0 unspecified atom stereocenters. The maximum absolute atomic E-state index is 6.10. The van der Waals surface area contributed by atoms with Gasteiger partial charge in [0.1, 0.15) is 11.2 Å². The summed E-state index contributed by atoms with van der Waals surface area (Å²) in [5.41, 5.74) is 28.7. The average Bonchev–Trinajstić information content (AvgIpc) is 1.55. The lowest BCUT2D eigenvalue weighted by atomic mass is 10.0. The number of furan rings is 1. The van der Waals surface area contributed by atoms with Crippen LogP contribution in [0.15, 0.2) is 405 Å². The number of benzene rings is 17. The normalized spacial score (nSPS) is 12.0. The van der Waals surface area contributed by atoms with Crippen molar-refractivity contribution < 1.29 is 4.42 Å². The minimum absolute atomic E-state index is 0.637. The number of nitrogens with zero attached hydrogens (tertiary/aromatic N) is 10. The Hall–Kier alpha value is -16.2. The Balaban J connectivity index is 0.000000144. The number of hydrogen-bond donors (Lipinski definition) is 0. The van der Waals surface area contributed by atoms with Crippen molar-refractivity contribution in [2.45, 2.75) is 6.42 Å². The zero-order valence-corrected chi connectivity index (χ0v) is 64.7. The SMILES string of the molecule is c1ccc(-c2nc(-c3ccccc3)nc(-c3ccc(-n4c5ccccc5c5cc(-c6ccc7oc8ccccc8c7c6)ccc54)cc3)n2)cc1.c1ccc(-c2nc(-c3ccccc3)nc(-c3ccc4c(c3)-c3cc(-n5c6ccc(-n7c8ccccc8c8ccccc87)cc6c6cc(-n7c8ccccc8c8ccccc87)ccc65)ccc3C4)n2)cc1. The van der Waals surface area contributed by atoms with Crippen LogP contribution in [0.4, 0.5) is 0 Å². The number of para-hydroxylation sites is 6. The predicted octanol–water partition coefficient (Wildman–Crippen LogP) is 27.3. The van der Waals surface area contributed by atoms with Gasteiger partial charge in [0.05, 0.1) is 44.1 Å². The van der Waals surface area contributed by atoms with E-state index in [-0.39, 0.29) is 0 Å². The van der Waals surface area contributed by atoms with Crippen molar-refractivity contribution in [3.63, 3.8) is 0 Å². The maximum atomic E-state index is 6.10. The second kappa shape index (κ2) is 27.8. The second-order valence-corrected chi connectivity index (χ2v) is 30.9. The Morgan fingerprint density at radius 3 is 0.900 bits per heavy atom. The zero-order chi connectivity index (χ0) is 78.9. The highest BCUT2D eigenvalue weighted by Gasteiger charge is 2.26. The van der Waals surface area contributed by atoms with Crippen molar-refractivity contribution in [3.05, 3.63) is 412 Å². The van der Waals surface area contributed by atoms with Gasteiger partial charge in [0, 0.05) is 110 Å². The van der Waals surface area contributed by atoms with Gasteiger partial charge >= 0.3 is 0 Å². The Kier molecular flexibility index (Phi) is 15.8. The van der Waals surface area contributed by atoms with E-state index in [1.54, 1.807) is 0 Å². The van der Waals surface area contributed by atoms with Crippen molar-refractivity contribution in [1.82, 2.24) is 48.2 Å². The highest BCUT2D eigenvalue weighted by Crippen LogP contribution is 2.46. The molecular formula is C109H68N10O. The predicted molar refractivity (Wildman–Crippen MR) is 491 cm³/mol. The molecule has 0 spiro atoms. The summed E-state index contributed by atoms with van der Waals surface area (Å²) >= 11 is 0. The van der Waals surface area contributed by atoms with E-state index in [9.17, 15) is 0 Å². The van der Waals surface area contributed by atoms with Crippen LogP contribution in [0.1, 0.15) is 11.1 Å². The van der Waals surface area contributed by atoms with Crippen molar-refractivity contribution in [3.8, 4) is 113 Å². The molecule has 17 aromatic carbocycles. The second-order valence-electron chi connectivity index (χ2n) is 30.9. The molecule has 11 heteroatoms. The van der Waals surface area contributed by atoms with E-state index in [4.69, 9.17) is 34.3 Å². The molecule has 1 aliphatic carbocycles. The van der Waals surface area contributed by atoms with Crippen LogP contribution < -0.4 is 0 Å². The summed E-state index contributed by atoms with van der Waals surface area (Å²) < 4.78 is 15.7. The molecule has 0 saturated heterocycles. The zero-order valence-electron chi connectivity index (χ0n) is 64.7. The summed E-state index contributed by atoms with van der Waals surface area (Å²) in [5, 5.41) is 12.1. The summed E-state index contributed by atoms with van der Waals surface area (Å²) in [6, 6.07) is 142. The molecule has 0 bridgehead atoms. The molecular weight excluding hydrogens is 1470 g/mol. The lowest BCUT2D eigenvalue weighted by molar-refractivity contribution is 0.669. The van der Waals surface area contributed by atoms with Crippen LogP contribution in [0.3, 0.4) is 0 Å². The highest BCUT2D eigenvalue weighted by molar-refractivity contribution is 6.16. The Morgan fingerprint density at radius 2 is 0.450 bits per heavy atom. The Morgan fingerprint density at radius 1 is 0.175 bits per heavy atom. The first kappa shape index (κ1) is 68.2. The third-order valence-corrected chi connectivity index (χ3v) is 24.0. The van der Waals surface area contributed by atoms with Crippen molar-refractivity contribution in [2.24, 2.45) is 0 Å². The van der Waals surface area contributed by atoms with E-state index in [1.165, 1.54) is 93.0 Å². The van der Waals surface area contributed by atoms with Gasteiger partial charge < -0.3 is 22.7 Å². The van der Waals surface area contributed by atoms with E-state index in [0.717, 1.165) is 112 Å². The fourth-order valence-electron chi connectivity index (χ4n) is 18.4. The van der Waals surface area contributed by atoms with Gasteiger partial charge in [0.2, 0.25) is 0 Å². The van der Waals surface area contributed by atoms with Crippen LogP contribution in [0, 0.1) is 0 Å². The van der Waals surface area contributed by atoms with Crippen LogP contribution in [-0.2, 0) is 6.42 Å². The molecule has 0 saturated carbocycles. The van der Waals surface area contributed by atoms with Gasteiger partial charge in [-0.15, -0.1) is 0 Å². The molecule has 7 heterocycles.